The zero-order chi connectivity index (χ0) is 9.26. The molecule has 0 radical (unpaired) electrons. The van der Waals surface area contributed by atoms with Crippen LogP contribution in [0.3, 0.4) is 0 Å². The number of fused-ring (bicyclic) bond motifs is 1. The Kier molecular flexibility index (Phi) is 2.07. The normalized spacial score (nSPS) is 20.5. The van der Waals surface area contributed by atoms with E-state index in [1.165, 1.54) is 0 Å². The second kappa shape index (κ2) is 3.23. The summed E-state index contributed by atoms with van der Waals surface area (Å²) >= 11 is 0. The molecule has 0 spiro atoms. The molecule has 1 unspecified atom stereocenters. The minimum absolute atomic E-state index is 0.380. The van der Waals surface area contributed by atoms with Crippen LogP contribution in [-0.2, 0) is 4.74 Å². The summed E-state index contributed by atoms with van der Waals surface area (Å²) in [7, 11) is 1.65. The van der Waals surface area contributed by atoms with Gasteiger partial charge in [0.2, 0.25) is 0 Å². The van der Waals surface area contributed by atoms with Crippen molar-refractivity contribution in [1.82, 2.24) is 0 Å². The van der Waals surface area contributed by atoms with Crippen LogP contribution in [0.2, 0.25) is 0 Å². The average molecular weight is 176 g/mol. The molecule has 0 fully saturated rings. The van der Waals surface area contributed by atoms with Crippen LogP contribution in [0.4, 0.5) is 0 Å². The predicted molar refractivity (Wildman–Crippen MR) is 51.0 cm³/mol. The number of methoxy groups -OCH3 is 1. The topological polar surface area (TPSA) is 29.5 Å². The Hall–Kier alpha value is -1.28. The number of ether oxygens (including phenoxy) is 1. The van der Waals surface area contributed by atoms with Gasteiger partial charge in [0.05, 0.1) is 13.2 Å². The molecule has 0 aliphatic heterocycles. The van der Waals surface area contributed by atoms with E-state index in [1.54, 1.807) is 7.11 Å². The first-order valence-electron chi connectivity index (χ1n) is 4.34. The molecule has 1 aromatic rings. The summed E-state index contributed by atoms with van der Waals surface area (Å²) in [5.41, 5.74) is 1.96. The van der Waals surface area contributed by atoms with Crippen LogP contribution in [0.25, 0.3) is 5.76 Å². The molecule has 1 aliphatic rings. The number of hydrogen-bond acceptors (Lipinski definition) is 2. The maximum Gasteiger partial charge on any atom is 0.122 e. The molecule has 0 saturated heterocycles. The molecule has 13 heavy (non-hydrogen) atoms. The van der Waals surface area contributed by atoms with Crippen LogP contribution < -0.4 is 0 Å². The zero-order valence-corrected chi connectivity index (χ0v) is 7.53. The number of aliphatic hydroxyl groups excluding tert-OH is 1. The van der Waals surface area contributed by atoms with E-state index in [-0.39, 0.29) is 6.10 Å². The van der Waals surface area contributed by atoms with Crippen molar-refractivity contribution in [1.29, 1.82) is 0 Å². The lowest BCUT2D eigenvalue weighted by molar-refractivity contribution is 0.177. The van der Waals surface area contributed by atoms with Crippen molar-refractivity contribution in [2.45, 2.75) is 12.5 Å². The van der Waals surface area contributed by atoms with E-state index in [0.29, 0.717) is 6.42 Å². The first-order valence-corrected chi connectivity index (χ1v) is 4.34. The molecule has 1 aliphatic carbocycles. The minimum Gasteiger partial charge on any atom is -0.496 e. The Labute approximate surface area is 77.5 Å². The fraction of sp³-hybridized carbons (Fsp3) is 0.273. The van der Waals surface area contributed by atoms with E-state index in [9.17, 15) is 5.11 Å². The van der Waals surface area contributed by atoms with Crippen molar-refractivity contribution in [3.63, 3.8) is 0 Å². The summed E-state index contributed by atoms with van der Waals surface area (Å²) in [6.45, 7) is 0. The first kappa shape index (κ1) is 8.32. The summed E-state index contributed by atoms with van der Waals surface area (Å²) < 4.78 is 5.22. The summed E-state index contributed by atoms with van der Waals surface area (Å²) in [5, 5.41) is 9.67. The molecular formula is C11H12O2. The lowest BCUT2D eigenvalue weighted by Crippen LogP contribution is -2.06. The van der Waals surface area contributed by atoms with Crippen molar-refractivity contribution in [2.75, 3.05) is 7.11 Å². The lowest BCUT2D eigenvalue weighted by atomic mass is 9.93. The summed E-state index contributed by atoms with van der Waals surface area (Å²) in [6.07, 6.45) is 2.18. The van der Waals surface area contributed by atoms with E-state index < -0.39 is 0 Å². The average Bonchev–Trinajstić information content (AvgIpc) is 2.19. The highest BCUT2D eigenvalue weighted by molar-refractivity contribution is 5.65. The van der Waals surface area contributed by atoms with Gasteiger partial charge in [-0.25, -0.2) is 0 Å². The van der Waals surface area contributed by atoms with Gasteiger partial charge in [0.15, 0.2) is 0 Å². The van der Waals surface area contributed by atoms with Crippen LogP contribution in [-0.4, -0.2) is 12.2 Å². The molecule has 0 saturated carbocycles. The van der Waals surface area contributed by atoms with Crippen LogP contribution in [0.15, 0.2) is 30.3 Å². The van der Waals surface area contributed by atoms with Gasteiger partial charge in [0.1, 0.15) is 5.76 Å². The second-order valence-electron chi connectivity index (χ2n) is 3.11. The Morgan fingerprint density at radius 1 is 1.38 bits per heavy atom. The van der Waals surface area contributed by atoms with Gasteiger partial charge in [-0.2, -0.15) is 0 Å². The van der Waals surface area contributed by atoms with Crippen molar-refractivity contribution in [3.8, 4) is 0 Å². The summed E-state index contributed by atoms with van der Waals surface area (Å²) in [5.74, 6) is 0.862. The number of rotatable bonds is 1. The van der Waals surface area contributed by atoms with Crippen LogP contribution >= 0.6 is 0 Å². The molecule has 0 bridgehead atoms. The van der Waals surface area contributed by atoms with Crippen molar-refractivity contribution < 1.29 is 9.84 Å². The third-order valence-electron chi connectivity index (χ3n) is 2.33. The molecule has 0 amide bonds. The lowest BCUT2D eigenvalue weighted by Gasteiger charge is -2.20. The molecule has 2 nitrogen and oxygen atoms in total. The highest BCUT2D eigenvalue weighted by Crippen LogP contribution is 2.32. The van der Waals surface area contributed by atoms with E-state index in [4.69, 9.17) is 4.74 Å². The zero-order valence-electron chi connectivity index (χ0n) is 7.53. The first-order chi connectivity index (χ1) is 6.33. The minimum atomic E-state index is -0.380. The van der Waals surface area contributed by atoms with Gasteiger partial charge in [-0.3, -0.25) is 0 Å². The Morgan fingerprint density at radius 2 is 2.15 bits per heavy atom. The molecule has 68 valence electrons. The number of aliphatic hydroxyl groups is 1. The molecule has 1 aromatic carbocycles. The predicted octanol–water partition coefficient (Wildman–Crippen LogP) is 2.11. The summed E-state index contributed by atoms with van der Waals surface area (Å²) in [4.78, 5) is 0. The number of benzene rings is 1. The van der Waals surface area contributed by atoms with E-state index in [1.807, 2.05) is 30.3 Å². The highest BCUT2D eigenvalue weighted by Gasteiger charge is 2.18. The van der Waals surface area contributed by atoms with Crippen molar-refractivity contribution in [3.05, 3.63) is 41.5 Å². The second-order valence-corrected chi connectivity index (χ2v) is 3.11. The number of hydrogen-bond donors (Lipinski definition) is 1. The third kappa shape index (κ3) is 1.33. The molecule has 1 atom stereocenters. The van der Waals surface area contributed by atoms with E-state index >= 15 is 0 Å². The van der Waals surface area contributed by atoms with Gasteiger partial charge in [-0.1, -0.05) is 24.3 Å². The van der Waals surface area contributed by atoms with Gasteiger partial charge in [-0.15, -0.1) is 0 Å². The molecule has 1 N–H and O–H groups in total. The monoisotopic (exact) mass is 176 g/mol. The maximum absolute atomic E-state index is 9.67. The third-order valence-corrected chi connectivity index (χ3v) is 2.33. The van der Waals surface area contributed by atoms with Gasteiger partial charge >= 0.3 is 0 Å². The standard InChI is InChI=1S/C11H12O2/c1-13-11-7-6-10(12)8-4-2-3-5-9(8)11/h2-5,7,10,12H,6H2,1H3. The SMILES string of the molecule is COC1=CCC(O)c2ccccc21. The van der Waals surface area contributed by atoms with Gasteiger partial charge in [0, 0.05) is 5.56 Å². The van der Waals surface area contributed by atoms with Crippen molar-refractivity contribution in [2.24, 2.45) is 0 Å². The van der Waals surface area contributed by atoms with Gasteiger partial charge in [0.25, 0.3) is 0 Å². The van der Waals surface area contributed by atoms with Gasteiger partial charge in [-0.05, 0) is 18.1 Å². The fourth-order valence-corrected chi connectivity index (χ4v) is 1.66. The van der Waals surface area contributed by atoms with E-state index in [0.717, 1.165) is 16.9 Å². The smallest absolute Gasteiger partial charge is 0.122 e. The Morgan fingerprint density at radius 3 is 2.92 bits per heavy atom. The van der Waals surface area contributed by atoms with Crippen LogP contribution in [0.5, 0.6) is 0 Å². The summed E-state index contributed by atoms with van der Waals surface area (Å²) in [6, 6.07) is 7.78. The highest BCUT2D eigenvalue weighted by atomic mass is 16.5. The van der Waals surface area contributed by atoms with Crippen LogP contribution in [0, 0.1) is 0 Å². The van der Waals surface area contributed by atoms with Gasteiger partial charge < -0.3 is 9.84 Å². The van der Waals surface area contributed by atoms with Crippen LogP contribution in [0.1, 0.15) is 23.7 Å². The quantitative estimate of drug-likeness (QED) is 0.710. The molecule has 2 rings (SSSR count). The van der Waals surface area contributed by atoms with E-state index in [2.05, 4.69) is 0 Å². The molecule has 0 heterocycles. The Bertz CT molecular complexity index is 342. The largest absolute Gasteiger partial charge is 0.496 e. The molecule has 0 aromatic heterocycles. The molecule has 2 heteroatoms. The molecular weight excluding hydrogens is 164 g/mol. The fourth-order valence-electron chi connectivity index (χ4n) is 1.66. The van der Waals surface area contributed by atoms with Crippen molar-refractivity contribution >= 4 is 5.76 Å². The Balaban J connectivity index is 2.52. The maximum atomic E-state index is 9.67.